The highest BCUT2D eigenvalue weighted by Crippen LogP contribution is 2.16. The normalized spacial score (nSPS) is 12.0. The molecular weight excluding hydrogens is 246 g/mol. The molecule has 0 atom stereocenters. The van der Waals surface area contributed by atoms with Crippen molar-refractivity contribution in [3.8, 4) is 0 Å². The average Bonchev–Trinajstić information content (AvgIpc) is 2.82. The Bertz CT molecular complexity index is 577. The minimum atomic E-state index is 0.297. The smallest absolute Gasteiger partial charge is 0.218 e. The molecule has 0 fully saturated rings. The van der Waals surface area contributed by atoms with Gasteiger partial charge in [-0.25, -0.2) is 0 Å². The minimum Gasteiger partial charge on any atom is -0.368 e. The molecule has 0 aliphatic carbocycles. The van der Waals surface area contributed by atoms with E-state index < -0.39 is 0 Å². The van der Waals surface area contributed by atoms with Crippen molar-refractivity contribution >= 4 is 22.7 Å². The Hall–Kier alpha value is -2.19. The van der Waals surface area contributed by atoms with Crippen LogP contribution in [0.4, 0.5) is 5.69 Å². The number of fused-ring (bicyclic) bond motifs is 1. The largest absolute Gasteiger partial charge is 0.368 e. The fourth-order valence-corrected chi connectivity index (χ4v) is 1.62. The maximum atomic E-state index is 5.89. The van der Waals surface area contributed by atoms with Gasteiger partial charge >= 0.3 is 0 Å². The van der Waals surface area contributed by atoms with Crippen molar-refractivity contribution < 1.29 is 4.84 Å². The first-order chi connectivity index (χ1) is 9.26. The number of hydrogen-bond donors (Lipinski definition) is 3. The quantitative estimate of drug-likeness (QED) is 0.300. The molecule has 0 saturated heterocycles. The number of benzene rings is 1. The van der Waals surface area contributed by atoms with E-state index in [1.54, 1.807) is 7.11 Å². The van der Waals surface area contributed by atoms with Crippen LogP contribution in [0.25, 0.3) is 11.0 Å². The van der Waals surface area contributed by atoms with Gasteiger partial charge in [-0.15, -0.1) is 5.10 Å². The van der Waals surface area contributed by atoms with Crippen LogP contribution in [0.2, 0.25) is 0 Å². The Morgan fingerprint density at radius 3 is 3.11 bits per heavy atom. The van der Waals surface area contributed by atoms with Crippen LogP contribution in [0.1, 0.15) is 6.42 Å². The second-order valence-electron chi connectivity index (χ2n) is 3.89. The van der Waals surface area contributed by atoms with Crippen LogP contribution < -0.4 is 16.9 Å². The van der Waals surface area contributed by atoms with Crippen LogP contribution >= 0.6 is 0 Å². The third-order valence-electron chi connectivity index (χ3n) is 2.52. The summed E-state index contributed by atoms with van der Waals surface area (Å²) in [5, 5.41) is 8.01. The zero-order valence-electron chi connectivity index (χ0n) is 10.7. The molecule has 0 amide bonds. The molecule has 0 spiro atoms. The fraction of sp³-hybridized carbons (Fsp3) is 0.364. The van der Waals surface area contributed by atoms with Crippen molar-refractivity contribution in [2.45, 2.75) is 6.42 Å². The lowest BCUT2D eigenvalue weighted by molar-refractivity contribution is 0.271. The lowest BCUT2D eigenvalue weighted by Crippen LogP contribution is -2.24. The maximum absolute atomic E-state index is 5.89. The third kappa shape index (κ3) is 2.98. The van der Waals surface area contributed by atoms with Gasteiger partial charge in [-0.1, -0.05) is 5.21 Å². The first kappa shape index (κ1) is 13.2. The van der Waals surface area contributed by atoms with E-state index in [2.05, 4.69) is 20.8 Å². The molecule has 0 unspecified atom stereocenters. The highest BCUT2D eigenvalue weighted by Gasteiger charge is 2.08. The molecule has 8 heteroatoms. The summed E-state index contributed by atoms with van der Waals surface area (Å²) in [4.78, 5) is 9.06. The van der Waals surface area contributed by atoms with Gasteiger partial charge in [0.1, 0.15) is 5.52 Å². The lowest BCUT2D eigenvalue weighted by atomic mass is 10.3. The van der Waals surface area contributed by atoms with Crippen LogP contribution in [-0.4, -0.2) is 41.2 Å². The summed E-state index contributed by atoms with van der Waals surface area (Å²) in [5.74, 6) is 0.297. The summed E-state index contributed by atoms with van der Waals surface area (Å²) in [6.45, 7) is 1.15. The average molecular weight is 263 g/mol. The summed E-state index contributed by atoms with van der Waals surface area (Å²) in [7, 11) is 1.54. The summed E-state index contributed by atoms with van der Waals surface area (Å²) in [6.07, 6.45) is 0.782. The molecule has 102 valence electrons. The Morgan fingerprint density at radius 2 is 2.37 bits per heavy atom. The van der Waals surface area contributed by atoms with Gasteiger partial charge in [0.05, 0.1) is 18.3 Å². The number of nitrogens with one attached hydrogen (secondary N) is 1. The molecule has 19 heavy (non-hydrogen) atoms. The zero-order chi connectivity index (χ0) is 13.7. The highest BCUT2D eigenvalue weighted by atomic mass is 16.6. The van der Waals surface area contributed by atoms with E-state index in [0.717, 1.165) is 23.1 Å². The van der Waals surface area contributed by atoms with E-state index in [9.17, 15) is 0 Å². The van der Waals surface area contributed by atoms with Crippen LogP contribution in [-0.2, 0) is 4.84 Å². The van der Waals surface area contributed by atoms with Crippen molar-refractivity contribution in [2.75, 3.05) is 25.7 Å². The van der Waals surface area contributed by atoms with E-state index >= 15 is 0 Å². The Labute approximate surface area is 110 Å². The van der Waals surface area contributed by atoms with Crippen molar-refractivity contribution in [2.24, 2.45) is 16.5 Å². The molecule has 2 aromatic rings. The first-order valence-corrected chi connectivity index (χ1v) is 5.91. The van der Waals surface area contributed by atoms with Crippen LogP contribution in [0, 0.1) is 0 Å². The second kappa shape index (κ2) is 6.12. The van der Waals surface area contributed by atoms with Gasteiger partial charge in [0.15, 0.2) is 0 Å². The van der Waals surface area contributed by atoms with Crippen molar-refractivity contribution in [1.82, 2.24) is 15.0 Å². The number of hydrogen-bond acceptors (Lipinski definition) is 6. The van der Waals surface area contributed by atoms with E-state index in [4.69, 9.17) is 16.3 Å². The molecule has 0 saturated carbocycles. The molecule has 0 bridgehead atoms. The molecule has 1 heterocycles. The molecule has 2 rings (SSSR count). The number of rotatable bonds is 5. The standard InChI is InChI=1S/C11H17N7O/c1-19-16-8-3-4-9-10(7-8)18(17-15-9)11(13)14-6-2-5-12/h3-4,7,16H,2,5-6,12H2,1H3,(H2,13,14). The van der Waals surface area contributed by atoms with Crippen LogP contribution in [0.5, 0.6) is 0 Å². The topological polar surface area (TPSA) is 116 Å². The fourth-order valence-electron chi connectivity index (χ4n) is 1.62. The SMILES string of the molecule is CONc1ccc2nnn(C(N)=NCCCN)c2c1. The van der Waals surface area contributed by atoms with E-state index in [1.165, 1.54) is 4.68 Å². The first-order valence-electron chi connectivity index (χ1n) is 5.91. The predicted molar refractivity (Wildman–Crippen MR) is 73.7 cm³/mol. The van der Waals surface area contributed by atoms with Gasteiger partial charge in [-0.3, -0.25) is 15.3 Å². The monoisotopic (exact) mass is 263 g/mol. The summed E-state index contributed by atoms with van der Waals surface area (Å²) in [5.41, 5.74) is 16.3. The van der Waals surface area contributed by atoms with E-state index in [0.29, 0.717) is 19.0 Å². The van der Waals surface area contributed by atoms with E-state index in [1.807, 2.05) is 18.2 Å². The summed E-state index contributed by atoms with van der Waals surface area (Å²) < 4.78 is 1.49. The number of anilines is 1. The maximum Gasteiger partial charge on any atom is 0.218 e. The van der Waals surface area contributed by atoms with Crippen molar-refractivity contribution in [3.05, 3.63) is 18.2 Å². The number of aromatic nitrogens is 3. The third-order valence-corrected chi connectivity index (χ3v) is 2.52. The van der Waals surface area contributed by atoms with Gasteiger partial charge in [-0.05, 0) is 31.2 Å². The molecule has 0 aliphatic heterocycles. The summed E-state index contributed by atoms with van der Waals surface area (Å²) in [6, 6.07) is 5.50. The Morgan fingerprint density at radius 1 is 1.53 bits per heavy atom. The van der Waals surface area contributed by atoms with Crippen LogP contribution in [0.15, 0.2) is 23.2 Å². The van der Waals surface area contributed by atoms with Gasteiger partial charge in [0, 0.05) is 6.54 Å². The number of aliphatic imine (C=N–C) groups is 1. The second-order valence-corrected chi connectivity index (χ2v) is 3.89. The van der Waals surface area contributed by atoms with Gasteiger partial charge in [-0.2, -0.15) is 4.68 Å². The molecule has 5 N–H and O–H groups in total. The molecule has 1 aromatic carbocycles. The predicted octanol–water partition coefficient (Wildman–Crippen LogP) is -0.0838. The van der Waals surface area contributed by atoms with Gasteiger partial charge in [0.2, 0.25) is 5.96 Å². The highest BCUT2D eigenvalue weighted by molar-refractivity contribution is 5.91. The number of nitrogens with zero attached hydrogens (tertiary/aromatic N) is 4. The van der Waals surface area contributed by atoms with Crippen LogP contribution in [0.3, 0.4) is 0 Å². The molecule has 0 radical (unpaired) electrons. The van der Waals surface area contributed by atoms with Gasteiger partial charge < -0.3 is 11.5 Å². The van der Waals surface area contributed by atoms with E-state index in [-0.39, 0.29) is 0 Å². The minimum absolute atomic E-state index is 0.297. The van der Waals surface area contributed by atoms with Crippen molar-refractivity contribution in [1.29, 1.82) is 0 Å². The molecular formula is C11H17N7O. The molecule has 1 aromatic heterocycles. The zero-order valence-corrected chi connectivity index (χ0v) is 10.7. The lowest BCUT2D eigenvalue weighted by Gasteiger charge is -2.04. The molecule has 0 aliphatic rings. The molecule has 8 nitrogen and oxygen atoms in total. The van der Waals surface area contributed by atoms with Gasteiger partial charge in [0.25, 0.3) is 0 Å². The van der Waals surface area contributed by atoms with Crippen molar-refractivity contribution in [3.63, 3.8) is 0 Å². The Balaban J connectivity index is 2.32. The number of nitrogens with two attached hydrogens (primary N) is 2. The summed E-state index contributed by atoms with van der Waals surface area (Å²) >= 11 is 0. The Kier molecular flexibility index (Phi) is 4.26.